The lowest BCUT2D eigenvalue weighted by molar-refractivity contribution is 0.0697. The van der Waals surface area contributed by atoms with Crippen LogP contribution in [0.3, 0.4) is 0 Å². The molecule has 1 aliphatic rings. The molecule has 0 aliphatic heterocycles. The molecular weight excluding hydrogens is 264 g/mol. The van der Waals surface area contributed by atoms with Gasteiger partial charge in [-0.25, -0.2) is 9.78 Å². The first-order chi connectivity index (χ1) is 9.87. The van der Waals surface area contributed by atoms with E-state index < -0.39 is 5.97 Å². The number of carboxylic acid groups (broad SMARTS) is 1. The summed E-state index contributed by atoms with van der Waals surface area (Å²) in [6.07, 6.45) is 4.68. The van der Waals surface area contributed by atoms with E-state index in [0.717, 1.165) is 29.7 Å². The van der Waals surface area contributed by atoms with Crippen LogP contribution in [0.15, 0.2) is 18.2 Å². The molecule has 0 amide bonds. The van der Waals surface area contributed by atoms with Crippen LogP contribution in [0, 0.1) is 12.3 Å². The highest BCUT2D eigenvalue weighted by Gasteiger charge is 2.29. The number of aromatic nitrogens is 2. The van der Waals surface area contributed by atoms with Crippen LogP contribution in [0.4, 0.5) is 0 Å². The molecular formula is C17H22N2O2. The summed E-state index contributed by atoms with van der Waals surface area (Å²) in [5, 5.41) is 9.19. The number of hydrogen-bond donors (Lipinski definition) is 1. The van der Waals surface area contributed by atoms with Crippen molar-refractivity contribution in [3.8, 4) is 0 Å². The summed E-state index contributed by atoms with van der Waals surface area (Å²) in [4.78, 5) is 15.8. The van der Waals surface area contributed by atoms with Gasteiger partial charge < -0.3 is 9.67 Å². The van der Waals surface area contributed by atoms with Gasteiger partial charge in [-0.1, -0.05) is 13.8 Å². The van der Waals surface area contributed by atoms with Gasteiger partial charge in [-0.05, 0) is 56.2 Å². The number of aromatic carboxylic acids is 1. The minimum Gasteiger partial charge on any atom is -0.478 e. The number of rotatable bonds is 2. The number of imidazole rings is 1. The second-order valence-corrected chi connectivity index (χ2v) is 6.93. The van der Waals surface area contributed by atoms with Crippen molar-refractivity contribution in [1.82, 2.24) is 9.55 Å². The summed E-state index contributed by atoms with van der Waals surface area (Å²) in [5.74, 6) is 0.101. The first kappa shape index (κ1) is 14.1. The zero-order valence-corrected chi connectivity index (χ0v) is 12.9. The summed E-state index contributed by atoms with van der Waals surface area (Å²) in [6, 6.07) is 5.64. The Morgan fingerprint density at radius 2 is 2.00 bits per heavy atom. The number of fused-ring (bicyclic) bond motifs is 1. The predicted octanol–water partition coefficient (Wildman–Crippen LogP) is 4.18. The standard InChI is InChI=1S/C17H22N2O2/c1-11-18-14-5-4-12(16(20)21)10-15(14)19(11)13-6-8-17(2,3)9-7-13/h4-5,10,13H,6-9H2,1-3H3,(H,20,21). The Labute approximate surface area is 124 Å². The van der Waals surface area contributed by atoms with Gasteiger partial charge in [-0.2, -0.15) is 0 Å². The van der Waals surface area contributed by atoms with Gasteiger partial charge in [0.05, 0.1) is 16.6 Å². The van der Waals surface area contributed by atoms with E-state index in [-0.39, 0.29) is 0 Å². The fourth-order valence-electron chi connectivity index (χ4n) is 3.45. The van der Waals surface area contributed by atoms with Crippen LogP contribution in [0.5, 0.6) is 0 Å². The van der Waals surface area contributed by atoms with Crippen molar-refractivity contribution in [1.29, 1.82) is 0 Å². The quantitative estimate of drug-likeness (QED) is 0.900. The lowest BCUT2D eigenvalue weighted by Crippen LogP contribution is -2.24. The third-order valence-electron chi connectivity index (χ3n) is 4.79. The average molecular weight is 286 g/mol. The molecule has 0 bridgehead atoms. The van der Waals surface area contributed by atoms with E-state index in [1.807, 2.05) is 13.0 Å². The summed E-state index contributed by atoms with van der Waals surface area (Å²) in [6.45, 7) is 6.66. The maximum absolute atomic E-state index is 11.2. The number of carbonyl (C=O) groups is 1. The van der Waals surface area contributed by atoms with E-state index in [1.54, 1.807) is 12.1 Å². The lowest BCUT2D eigenvalue weighted by Gasteiger charge is -2.35. The number of aryl methyl sites for hydroxylation is 1. The van der Waals surface area contributed by atoms with Crippen molar-refractivity contribution in [3.05, 3.63) is 29.6 Å². The molecule has 0 atom stereocenters. The highest BCUT2D eigenvalue weighted by atomic mass is 16.4. The first-order valence-corrected chi connectivity index (χ1v) is 7.59. The first-order valence-electron chi connectivity index (χ1n) is 7.59. The largest absolute Gasteiger partial charge is 0.478 e. The molecule has 0 saturated heterocycles. The molecule has 1 saturated carbocycles. The van der Waals surface area contributed by atoms with E-state index in [2.05, 4.69) is 23.4 Å². The molecule has 1 heterocycles. The molecule has 0 spiro atoms. The Balaban J connectivity index is 2.03. The van der Waals surface area contributed by atoms with Gasteiger partial charge >= 0.3 is 5.97 Å². The van der Waals surface area contributed by atoms with Crippen molar-refractivity contribution >= 4 is 17.0 Å². The Bertz CT molecular complexity index is 690. The van der Waals surface area contributed by atoms with Gasteiger partial charge in [0.1, 0.15) is 5.82 Å². The van der Waals surface area contributed by atoms with Gasteiger partial charge in [-0.3, -0.25) is 0 Å². The van der Waals surface area contributed by atoms with Crippen LogP contribution in [0.1, 0.15) is 61.8 Å². The fraction of sp³-hybridized carbons (Fsp3) is 0.529. The van der Waals surface area contributed by atoms with Crippen LogP contribution in [-0.2, 0) is 0 Å². The Morgan fingerprint density at radius 3 is 2.62 bits per heavy atom. The van der Waals surface area contributed by atoms with Crippen LogP contribution in [-0.4, -0.2) is 20.6 Å². The van der Waals surface area contributed by atoms with E-state index in [9.17, 15) is 9.90 Å². The minimum absolute atomic E-state index is 0.333. The fourth-order valence-corrected chi connectivity index (χ4v) is 3.45. The topological polar surface area (TPSA) is 55.1 Å². The van der Waals surface area contributed by atoms with Gasteiger partial charge in [0.15, 0.2) is 0 Å². The van der Waals surface area contributed by atoms with Crippen molar-refractivity contribution in [2.45, 2.75) is 52.5 Å². The van der Waals surface area contributed by atoms with Gasteiger partial charge in [0.2, 0.25) is 0 Å². The van der Waals surface area contributed by atoms with E-state index in [4.69, 9.17) is 0 Å². The number of hydrogen-bond acceptors (Lipinski definition) is 2. The molecule has 0 radical (unpaired) electrons. The molecule has 0 unspecified atom stereocenters. The molecule has 1 N–H and O–H groups in total. The van der Waals surface area contributed by atoms with Crippen LogP contribution < -0.4 is 0 Å². The van der Waals surface area contributed by atoms with Crippen LogP contribution in [0.2, 0.25) is 0 Å². The predicted molar refractivity (Wildman–Crippen MR) is 82.7 cm³/mol. The zero-order chi connectivity index (χ0) is 15.2. The SMILES string of the molecule is Cc1nc2ccc(C(=O)O)cc2n1C1CCC(C)(C)CC1. The molecule has 21 heavy (non-hydrogen) atoms. The second-order valence-electron chi connectivity index (χ2n) is 6.93. The van der Waals surface area contributed by atoms with Crippen molar-refractivity contribution in [2.24, 2.45) is 5.41 Å². The van der Waals surface area contributed by atoms with Crippen molar-refractivity contribution in [2.75, 3.05) is 0 Å². The molecule has 4 nitrogen and oxygen atoms in total. The van der Waals surface area contributed by atoms with Crippen LogP contribution in [0.25, 0.3) is 11.0 Å². The molecule has 3 rings (SSSR count). The van der Waals surface area contributed by atoms with Crippen LogP contribution >= 0.6 is 0 Å². The molecule has 4 heteroatoms. The summed E-state index contributed by atoms with van der Waals surface area (Å²) >= 11 is 0. The van der Waals surface area contributed by atoms with Crippen molar-refractivity contribution < 1.29 is 9.90 Å². The molecule has 1 aromatic heterocycles. The highest BCUT2D eigenvalue weighted by molar-refractivity contribution is 5.92. The van der Waals surface area contributed by atoms with Gasteiger partial charge in [0.25, 0.3) is 0 Å². The summed E-state index contributed by atoms with van der Waals surface area (Å²) < 4.78 is 2.25. The van der Waals surface area contributed by atoms with Gasteiger partial charge in [-0.15, -0.1) is 0 Å². The van der Waals surface area contributed by atoms with Crippen molar-refractivity contribution in [3.63, 3.8) is 0 Å². The molecule has 1 aliphatic carbocycles. The van der Waals surface area contributed by atoms with Gasteiger partial charge in [0, 0.05) is 6.04 Å². The Kier molecular flexibility index (Phi) is 3.27. The summed E-state index contributed by atoms with van der Waals surface area (Å²) in [7, 11) is 0. The maximum Gasteiger partial charge on any atom is 0.335 e. The zero-order valence-electron chi connectivity index (χ0n) is 12.9. The summed E-state index contributed by atoms with van der Waals surface area (Å²) in [5.41, 5.74) is 2.60. The normalized spacial score (nSPS) is 19.0. The van der Waals surface area contributed by atoms with E-state index in [0.29, 0.717) is 17.0 Å². The average Bonchev–Trinajstić information content (AvgIpc) is 2.74. The number of benzene rings is 1. The smallest absolute Gasteiger partial charge is 0.335 e. The van der Waals surface area contributed by atoms with E-state index >= 15 is 0 Å². The second kappa shape index (κ2) is 4.86. The molecule has 1 fully saturated rings. The number of nitrogens with zero attached hydrogens (tertiary/aromatic N) is 2. The molecule has 2 aromatic rings. The third kappa shape index (κ3) is 2.55. The lowest BCUT2D eigenvalue weighted by atomic mass is 9.75. The highest BCUT2D eigenvalue weighted by Crippen LogP contribution is 2.41. The minimum atomic E-state index is -0.882. The monoisotopic (exact) mass is 286 g/mol. The maximum atomic E-state index is 11.2. The number of carboxylic acids is 1. The van der Waals surface area contributed by atoms with E-state index in [1.165, 1.54) is 12.8 Å². The third-order valence-corrected chi connectivity index (χ3v) is 4.79. The Hall–Kier alpha value is -1.84. The molecule has 112 valence electrons. The Morgan fingerprint density at radius 1 is 1.33 bits per heavy atom. The molecule has 1 aromatic carbocycles.